The van der Waals surface area contributed by atoms with Crippen LogP contribution < -0.4 is 5.32 Å². The van der Waals surface area contributed by atoms with Gasteiger partial charge in [-0.2, -0.15) is 0 Å². The molecule has 7 heteroatoms. The molecule has 0 aliphatic heterocycles. The summed E-state index contributed by atoms with van der Waals surface area (Å²) in [7, 11) is 0. The van der Waals surface area contributed by atoms with Crippen molar-refractivity contribution in [1.82, 2.24) is 5.32 Å². The van der Waals surface area contributed by atoms with Gasteiger partial charge in [0.2, 0.25) is 0 Å². The van der Waals surface area contributed by atoms with Crippen LogP contribution in [0.5, 0.6) is 0 Å². The third kappa shape index (κ3) is 3.75. The first-order valence-corrected chi connectivity index (χ1v) is 6.87. The fourth-order valence-electron chi connectivity index (χ4n) is 2.60. The molecule has 1 aromatic rings. The minimum atomic E-state index is -0.697. The maximum absolute atomic E-state index is 13.2. The monoisotopic (exact) mass is 296 g/mol. The predicted molar refractivity (Wildman–Crippen MR) is 73.4 cm³/mol. The zero-order chi connectivity index (χ0) is 15.4. The Labute approximate surface area is 121 Å². The van der Waals surface area contributed by atoms with E-state index in [1.807, 2.05) is 0 Å². The summed E-state index contributed by atoms with van der Waals surface area (Å²) >= 11 is 0. The molecule has 6 nitrogen and oxygen atoms in total. The van der Waals surface area contributed by atoms with E-state index in [0.29, 0.717) is 12.8 Å². The zero-order valence-corrected chi connectivity index (χ0v) is 11.4. The molecule has 21 heavy (non-hydrogen) atoms. The Morgan fingerprint density at radius 3 is 2.62 bits per heavy atom. The minimum Gasteiger partial charge on any atom is -0.396 e. The molecule has 0 bridgehead atoms. The van der Waals surface area contributed by atoms with Gasteiger partial charge in [-0.25, -0.2) is 4.39 Å². The second-order valence-electron chi connectivity index (χ2n) is 5.29. The van der Waals surface area contributed by atoms with Crippen molar-refractivity contribution < 1.29 is 19.2 Å². The second kappa shape index (κ2) is 6.62. The number of amides is 1. The van der Waals surface area contributed by atoms with E-state index in [2.05, 4.69) is 5.32 Å². The van der Waals surface area contributed by atoms with Crippen LogP contribution in [-0.4, -0.2) is 28.6 Å². The first kappa shape index (κ1) is 15.4. The van der Waals surface area contributed by atoms with Crippen LogP contribution in [0.2, 0.25) is 0 Å². The van der Waals surface area contributed by atoms with E-state index < -0.39 is 22.3 Å². The van der Waals surface area contributed by atoms with Gasteiger partial charge < -0.3 is 10.4 Å². The number of nitrogens with one attached hydrogen (secondary N) is 1. The van der Waals surface area contributed by atoms with Crippen LogP contribution >= 0.6 is 0 Å². The fourth-order valence-corrected chi connectivity index (χ4v) is 2.60. The molecule has 1 aromatic carbocycles. The van der Waals surface area contributed by atoms with Crippen molar-refractivity contribution in [3.8, 4) is 0 Å². The van der Waals surface area contributed by atoms with Gasteiger partial charge in [0.15, 0.2) is 0 Å². The summed E-state index contributed by atoms with van der Waals surface area (Å²) in [5.74, 6) is -1.06. The summed E-state index contributed by atoms with van der Waals surface area (Å²) < 4.78 is 13.2. The summed E-state index contributed by atoms with van der Waals surface area (Å²) in [6, 6.07) is 2.74. The maximum atomic E-state index is 13.2. The van der Waals surface area contributed by atoms with Crippen molar-refractivity contribution in [2.45, 2.75) is 31.7 Å². The summed E-state index contributed by atoms with van der Waals surface area (Å²) in [6.07, 6.45) is 3.01. The van der Waals surface area contributed by atoms with Crippen molar-refractivity contribution in [2.24, 2.45) is 5.92 Å². The summed E-state index contributed by atoms with van der Waals surface area (Å²) in [6.45, 7) is 0.135. The lowest BCUT2D eigenvalue weighted by Crippen LogP contribution is -2.38. The van der Waals surface area contributed by atoms with E-state index in [-0.39, 0.29) is 24.1 Å². The van der Waals surface area contributed by atoms with Crippen molar-refractivity contribution >= 4 is 11.6 Å². The van der Waals surface area contributed by atoms with Crippen LogP contribution in [-0.2, 0) is 0 Å². The third-order valence-corrected chi connectivity index (χ3v) is 3.84. The number of carbonyl (C=O) groups is 1. The average molecular weight is 296 g/mol. The van der Waals surface area contributed by atoms with Crippen molar-refractivity contribution in [1.29, 1.82) is 0 Å². The fraction of sp³-hybridized carbons (Fsp3) is 0.500. The zero-order valence-electron chi connectivity index (χ0n) is 11.4. The smallest absolute Gasteiger partial charge is 0.282 e. The standard InChI is InChI=1S/C14H17FN2O4/c15-10-3-6-13(17(20)21)12(7-10)14(19)16-11-4-1-9(8-18)2-5-11/h3,6-7,9,11,18H,1-2,4-5,8H2,(H,16,19). The highest BCUT2D eigenvalue weighted by atomic mass is 19.1. The molecule has 0 spiro atoms. The molecule has 0 radical (unpaired) electrons. The molecular formula is C14H17FN2O4. The van der Waals surface area contributed by atoms with E-state index >= 15 is 0 Å². The van der Waals surface area contributed by atoms with Crippen molar-refractivity contribution in [2.75, 3.05) is 6.61 Å². The normalized spacial score (nSPS) is 21.8. The number of nitrogens with zero attached hydrogens (tertiary/aromatic N) is 1. The molecule has 0 aromatic heterocycles. The Balaban J connectivity index is 2.07. The number of aliphatic hydroxyl groups is 1. The van der Waals surface area contributed by atoms with Gasteiger partial charge in [0.1, 0.15) is 11.4 Å². The first-order chi connectivity index (χ1) is 10.0. The average Bonchev–Trinajstić information content (AvgIpc) is 2.47. The van der Waals surface area contributed by atoms with Crippen LogP contribution in [0.25, 0.3) is 0 Å². The molecule has 2 N–H and O–H groups in total. The topological polar surface area (TPSA) is 92.5 Å². The molecule has 114 valence electrons. The molecule has 0 saturated heterocycles. The Kier molecular flexibility index (Phi) is 4.85. The van der Waals surface area contributed by atoms with Gasteiger partial charge in [-0.05, 0) is 43.7 Å². The molecule has 1 aliphatic carbocycles. The Morgan fingerprint density at radius 2 is 2.05 bits per heavy atom. The molecule has 2 rings (SSSR count). The third-order valence-electron chi connectivity index (χ3n) is 3.84. The van der Waals surface area contributed by atoms with Crippen molar-refractivity contribution in [3.05, 3.63) is 39.7 Å². The second-order valence-corrected chi connectivity index (χ2v) is 5.29. The van der Waals surface area contributed by atoms with Gasteiger partial charge in [-0.1, -0.05) is 0 Å². The molecule has 0 unspecified atom stereocenters. The molecule has 1 amide bonds. The predicted octanol–water partition coefficient (Wildman–Crippen LogP) is 2.01. The van der Waals surface area contributed by atoms with Crippen LogP contribution in [0, 0.1) is 21.8 Å². The van der Waals surface area contributed by atoms with Gasteiger partial charge >= 0.3 is 0 Å². The van der Waals surface area contributed by atoms with Crippen LogP contribution in [0.1, 0.15) is 36.0 Å². The summed E-state index contributed by atoms with van der Waals surface area (Å²) in [5.41, 5.74) is -0.665. The van der Waals surface area contributed by atoms with Crippen molar-refractivity contribution in [3.63, 3.8) is 0 Å². The largest absolute Gasteiger partial charge is 0.396 e. The number of aliphatic hydroxyl groups excluding tert-OH is 1. The summed E-state index contributed by atoms with van der Waals surface area (Å²) in [5, 5.41) is 22.7. The van der Waals surface area contributed by atoms with Gasteiger partial charge in [0.25, 0.3) is 11.6 Å². The SMILES string of the molecule is O=C(NC1CCC(CO)CC1)c1cc(F)ccc1[N+](=O)[O-]. The van der Waals surface area contributed by atoms with E-state index in [0.717, 1.165) is 31.0 Å². The number of nitro groups is 1. The van der Waals surface area contributed by atoms with Gasteiger partial charge in [0.05, 0.1) is 4.92 Å². The van der Waals surface area contributed by atoms with Gasteiger partial charge in [-0.15, -0.1) is 0 Å². The number of hydrogen-bond acceptors (Lipinski definition) is 4. The van der Waals surface area contributed by atoms with Gasteiger partial charge in [0, 0.05) is 18.7 Å². The molecule has 1 saturated carbocycles. The lowest BCUT2D eigenvalue weighted by atomic mass is 9.86. The minimum absolute atomic E-state index is 0.0943. The molecule has 1 fully saturated rings. The Hall–Kier alpha value is -2.02. The molecular weight excluding hydrogens is 279 g/mol. The highest BCUT2D eigenvalue weighted by Crippen LogP contribution is 2.25. The number of halogens is 1. The van der Waals surface area contributed by atoms with E-state index in [1.54, 1.807) is 0 Å². The maximum Gasteiger partial charge on any atom is 0.282 e. The number of nitro benzene ring substituents is 1. The summed E-state index contributed by atoms with van der Waals surface area (Å²) in [4.78, 5) is 22.3. The quantitative estimate of drug-likeness (QED) is 0.656. The number of benzene rings is 1. The number of hydrogen-bond donors (Lipinski definition) is 2. The van der Waals surface area contributed by atoms with E-state index in [1.165, 1.54) is 0 Å². The number of rotatable bonds is 4. The van der Waals surface area contributed by atoms with Crippen LogP contribution in [0.4, 0.5) is 10.1 Å². The van der Waals surface area contributed by atoms with E-state index in [9.17, 15) is 19.3 Å². The molecule has 0 heterocycles. The Bertz CT molecular complexity index is 542. The van der Waals surface area contributed by atoms with E-state index in [4.69, 9.17) is 5.11 Å². The van der Waals surface area contributed by atoms with Crippen LogP contribution in [0.3, 0.4) is 0 Å². The highest BCUT2D eigenvalue weighted by Gasteiger charge is 2.26. The molecule has 1 aliphatic rings. The van der Waals surface area contributed by atoms with Crippen LogP contribution in [0.15, 0.2) is 18.2 Å². The highest BCUT2D eigenvalue weighted by molar-refractivity contribution is 5.98. The molecule has 0 atom stereocenters. The Morgan fingerprint density at radius 1 is 1.38 bits per heavy atom. The van der Waals surface area contributed by atoms with Gasteiger partial charge in [-0.3, -0.25) is 14.9 Å². The first-order valence-electron chi connectivity index (χ1n) is 6.87. The lowest BCUT2D eigenvalue weighted by molar-refractivity contribution is -0.385. The lowest BCUT2D eigenvalue weighted by Gasteiger charge is -2.27. The number of carbonyl (C=O) groups excluding carboxylic acids is 1.